The summed E-state index contributed by atoms with van der Waals surface area (Å²) in [7, 11) is 1.66. The van der Waals surface area contributed by atoms with Crippen molar-refractivity contribution in [3.63, 3.8) is 0 Å². The average molecular weight is 302 g/mol. The summed E-state index contributed by atoms with van der Waals surface area (Å²) in [5, 5.41) is 3.14. The van der Waals surface area contributed by atoms with Crippen molar-refractivity contribution in [1.82, 2.24) is 4.90 Å². The van der Waals surface area contributed by atoms with E-state index in [1.165, 1.54) is 32.4 Å². The summed E-state index contributed by atoms with van der Waals surface area (Å²) in [6.07, 6.45) is 6.37. The van der Waals surface area contributed by atoms with Crippen molar-refractivity contribution >= 4 is 11.6 Å². The molecule has 1 aromatic carbocycles. The van der Waals surface area contributed by atoms with Gasteiger partial charge in [0.1, 0.15) is 5.75 Å². The topological polar surface area (TPSA) is 62.9 Å². The van der Waals surface area contributed by atoms with Crippen LogP contribution in [0.2, 0.25) is 0 Å². The van der Waals surface area contributed by atoms with Crippen LogP contribution in [-0.4, -0.2) is 43.1 Å². The molecule has 2 fully saturated rings. The van der Waals surface area contributed by atoms with Crippen molar-refractivity contribution in [3.8, 4) is 5.75 Å². The highest BCUT2D eigenvalue weighted by Gasteiger charge is 2.33. The van der Waals surface area contributed by atoms with Gasteiger partial charge in [0.2, 0.25) is 0 Å². The van der Waals surface area contributed by atoms with Crippen LogP contribution in [0.4, 0.5) is 5.69 Å². The molecule has 5 heteroatoms. The third-order valence-electron chi connectivity index (χ3n) is 4.66. The second-order valence-electron chi connectivity index (χ2n) is 6.25. The molecule has 1 aromatic rings. The van der Waals surface area contributed by atoms with Crippen LogP contribution in [0.3, 0.4) is 0 Å². The molecule has 22 heavy (non-hydrogen) atoms. The molecule has 1 aliphatic carbocycles. The van der Waals surface area contributed by atoms with E-state index in [1.807, 2.05) is 24.3 Å². The number of nitrogens with two attached hydrogens (primary N) is 1. The highest BCUT2D eigenvalue weighted by molar-refractivity contribution is 5.92. The first-order valence-electron chi connectivity index (χ1n) is 8.23. The lowest BCUT2D eigenvalue weighted by atomic mass is 9.85. The maximum Gasteiger partial charge on any atom is 0.193 e. The zero-order chi connectivity index (χ0) is 15.4. The number of hydrogen-bond acceptors (Lipinski definition) is 3. The lowest BCUT2D eigenvalue weighted by Crippen LogP contribution is -2.49. The lowest BCUT2D eigenvalue weighted by Gasteiger charge is -2.43. The first kappa shape index (κ1) is 15.2. The third-order valence-corrected chi connectivity index (χ3v) is 4.66. The monoisotopic (exact) mass is 302 g/mol. The molecular formula is C17H26N4O. The van der Waals surface area contributed by atoms with E-state index >= 15 is 0 Å². The number of hydrogen-bond donors (Lipinski definition) is 2. The number of benzene rings is 1. The quantitative estimate of drug-likeness (QED) is 0.662. The Morgan fingerprint density at radius 1 is 1.27 bits per heavy atom. The predicted octanol–water partition coefficient (Wildman–Crippen LogP) is 2.44. The van der Waals surface area contributed by atoms with Crippen LogP contribution in [0.25, 0.3) is 0 Å². The second-order valence-corrected chi connectivity index (χ2v) is 6.25. The number of aliphatic imine (C=N–C) groups is 1. The van der Waals surface area contributed by atoms with Crippen molar-refractivity contribution in [2.24, 2.45) is 10.7 Å². The maximum absolute atomic E-state index is 6.02. The normalized spacial score (nSPS) is 26.3. The fraction of sp³-hybridized carbons (Fsp3) is 0.588. The van der Waals surface area contributed by atoms with E-state index in [9.17, 15) is 0 Å². The number of guanidine groups is 1. The minimum atomic E-state index is 0.366. The van der Waals surface area contributed by atoms with Gasteiger partial charge in [-0.3, -0.25) is 0 Å². The molecule has 0 unspecified atom stereocenters. The van der Waals surface area contributed by atoms with Gasteiger partial charge in [-0.2, -0.15) is 0 Å². The first-order valence-corrected chi connectivity index (χ1v) is 8.23. The Kier molecular flexibility index (Phi) is 4.83. The van der Waals surface area contributed by atoms with E-state index in [-0.39, 0.29) is 0 Å². The smallest absolute Gasteiger partial charge is 0.193 e. The molecule has 1 heterocycles. The summed E-state index contributed by atoms with van der Waals surface area (Å²) in [5.74, 6) is 1.31. The van der Waals surface area contributed by atoms with Crippen LogP contribution in [0.15, 0.2) is 29.3 Å². The van der Waals surface area contributed by atoms with E-state index in [0.29, 0.717) is 12.0 Å². The molecule has 0 aromatic heterocycles. The highest BCUT2D eigenvalue weighted by atomic mass is 16.5. The van der Waals surface area contributed by atoms with Gasteiger partial charge >= 0.3 is 0 Å². The van der Waals surface area contributed by atoms with Crippen LogP contribution in [0.5, 0.6) is 5.75 Å². The number of piperidine rings is 1. The zero-order valence-electron chi connectivity index (χ0n) is 13.3. The van der Waals surface area contributed by atoms with Gasteiger partial charge < -0.3 is 20.7 Å². The largest absolute Gasteiger partial charge is 0.497 e. The summed E-state index contributed by atoms with van der Waals surface area (Å²) in [6, 6.07) is 8.81. The van der Waals surface area contributed by atoms with Crippen LogP contribution < -0.4 is 15.8 Å². The number of nitrogens with zero attached hydrogens (tertiary/aromatic N) is 2. The number of methoxy groups -OCH3 is 1. The Bertz CT molecular complexity index is 519. The Morgan fingerprint density at radius 2 is 2.05 bits per heavy atom. The van der Waals surface area contributed by atoms with Crippen molar-refractivity contribution < 1.29 is 4.74 Å². The van der Waals surface area contributed by atoms with Crippen LogP contribution in [0, 0.1) is 0 Å². The number of likely N-dealkylation sites (tertiary alicyclic amines) is 1. The molecule has 1 aliphatic heterocycles. The molecule has 2 aliphatic rings. The summed E-state index contributed by atoms with van der Waals surface area (Å²) in [5.41, 5.74) is 6.93. The minimum Gasteiger partial charge on any atom is -0.497 e. The zero-order valence-corrected chi connectivity index (χ0v) is 13.3. The standard InChI is InChI=1S/C17H26N4O/c1-22-16-7-5-6-13(12-16)19-17(18)20-14-10-15(11-14)21-8-3-2-4-9-21/h5-7,12,14-15H,2-4,8-11H2,1H3,(H3,18,19,20). The van der Waals surface area contributed by atoms with Crippen LogP contribution in [-0.2, 0) is 0 Å². The number of ether oxygens (including phenoxy) is 1. The second kappa shape index (κ2) is 7.01. The number of nitrogens with one attached hydrogen (secondary N) is 1. The van der Waals surface area contributed by atoms with E-state index in [4.69, 9.17) is 10.5 Å². The van der Waals surface area contributed by atoms with E-state index in [1.54, 1.807) is 7.11 Å². The van der Waals surface area contributed by atoms with Crippen molar-refractivity contribution in [3.05, 3.63) is 24.3 Å². The average Bonchev–Trinajstić information content (AvgIpc) is 2.51. The molecule has 5 nitrogen and oxygen atoms in total. The van der Waals surface area contributed by atoms with Gasteiger partial charge in [0.25, 0.3) is 0 Å². The van der Waals surface area contributed by atoms with Gasteiger partial charge in [0, 0.05) is 17.8 Å². The van der Waals surface area contributed by atoms with E-state index in [0.717, 1.165) is 30.3 Å². The van der Waals surface area contributed by atoms with E-state index in [2.05, 4.69) is 15.2 Å². The van der Waals surface area contributed by atoms with Gasteiger partial charge in [0.05, 0.1) is 13.2 Å². The molecule has 0 spiro atoms. The molecule has 0 radical (unpaired) electrons. The van der Waals surface area contributed by atoms with Crippen LogP contribution in [0.1, 0.15) is 32.1 Å². The number of rotatable bonds is 4. The summed E-state index contributed by atoms with van der Waals surface area (Å²) in [6.45, 7) is 2.53. The maximum atomic E-state index is 6.02. The summed E-state index contributed by atoms with van der Waals surface area (Å²) < 4.78 is 5.20. The predicted molar refractivity (Wildman–Crippen MR) is 90.5 cm³/mol. The van der Waals surface area contributed by atoms with Gasteiger partial charge in [-0.15, -0.1) is 0 Å². The van der Waals surface area contributed by atoms with Crippen molar-refractivity contribution in [2.75, 3.05) is 25.5 Å². The van der Waals surface area contributed by atoms with Crippen molar-refractivity contribution in [2.45, 2.75) is 44.2 Å². The Morgan fingerprint density at radius 3 is 2.77 bits per heavy atom. The molecule has 3 rings (SSSR count). The first-order chi connectivity index (χ1) is 10.7. The molecule has 120 valence electrons. The third kappa shape index (κ3) is 3.71. The molecule has 0 bridgehead atoms. The highest BCUT2D eigenvalue weighted by Crippen LogP contribution is 2.30. The Balaban J connectivity index is 1.48. The summed E-state index contributed by atoms with van der Waals surface area (Å²) >= 11 is 0. The molecule has 3 N–H and O–H groups in total. The Hall–Kier alpha value is -1.75. The van der Waals surface area contributed by atoms with E-state index < -0.39 is 0 Å². The fourth-order valence-electron chi connectivity index (χ4n) is 3.32. The molecule has 0 atom stereocenters. The molecule has 1 saturated carbocycles. The van der Waals surface area contributed by atoms with Gasteiger partial charge in [0.15, 0.2) is 5.96 Å². The lowest BCUT2D eigenvalue weighted by molar-refractivity contribution is 0.0912. The Labute approximate surface area is 132 Å². The van der Waals surface area contributed by atoms with Gasteiger partial charge in [-0.1, -0.05) is 12.5 Å². The molecule has 1 saturated heterocycles. The molecule has 0 amide bonds. The summed E-state index contributed by atoms with van der Waals surface area (Å²) in [4.78, 5) is 7.22. The number of anilines is 1. The van der Waals surface area contributed by atoms with Crippen LogP contribution >= 0.6 is 0 Å². The molecular weight excluding hydrogens is 276 g/mol. The van der Waals surface area contributed by atoms with Gasteiger partial charge in [-0.25, -0.2) is 4.99 Å². The van der Waals surface area contributed by atoms with Crippen molar-refractivity contribution in [1.29, 1.82) is 0 Å². The van der Waals surface area contributed by atoms with Gasteiger partial charge in [-0.05, 0) is 50.9 Å². The minimum absolute atomic E-state index is 0.366. The SMILES string of the molecule is COc1cccc(NC(N)=NC2CC(N3CCCCC3)C2)c1. The fourth-order valence-corrected chi connectivity index (χ4v) is 3.32.